The van der Waals surface area contributed by atoms with Gasteiger partial charge in [-0.25, -0.2) is 0 Å². The molecule has 3 nitrogen and oxygen atoms in total. The lowest BCUT2D eigenvalue weighted by Gasteiger charge is -2.09. The summed E-state index contributed by atoms with van der Waals surface area (Å²) in [4.78, 5) is 0. The van der Waals surface area contributed by atoms with Crippen molar-refractivity contribution in [3.05, 3.63) is 77.9 Å². The Morgan fingerprint density at radius 3 is 2.05 bits per heavy atom. The normalized spacial score (nSPS) is 10.7. The van der Waals surface area contributed by atoms with E-state index in [1.807, 2.05) is 36.4 Å². The van der Waals surface area contributed by atoms with Crippen LogP contribution in [0.5, 0.6) is 0 Å². The summed E-state index contributed by atoms with van der Waals surface area (Å²) >= 11 is 5.99. The highest BCUT2D eigenvalue weighted by Gasteiger charge is 2.12. The molecule has 0 unspecified atom stereocenters. The maximum Gasteiger partial charge on any atom is 0.152 e. The molecular formula is C17H16ClN3. The minimum Gasteiger partial charge on any atom is -0.282 e. The van der Waals surface area contributed by atoms with Crippen LogP contribution in [0.2, 0.25) is 0 Å². The quantitative estimate of drug-likeness (QED) is 0.671. The van der Waals surface area contributed by atoms with E-state index in [0.29, 0.717) is 5.88 Å². The lowest BCUT2D eigenvalue weighted by molar-refractivity contribution is 0.814. The highest BCUT2D eigenvalue weighted by atomic mass is 35.5. The predicted octanol–water partition coefficient (Wildman–Crippen LogP) is 3.79. The van der Waals surface area contributed by atoms with Crippen LogP contribution in [0.15, 0.2) is 60.7 Å². The van der Waals surface area contributed by atoms with Gasteiger partial charge in [0.1, 0.15) is 5.82 Å². The molecule has 0 atom stereocenters. The molecule has 106 valence electrons. The Labute approximate surface area is 129 Å². The van der Waals surface area contributed by atoms with Crippen molar-refractivity contribution in [2.75, 3.05) is 0 Å². The monoisotopic (exact) mass is 297 g/mol. The smallest absolute Gasteiger partial charge is 0.152 e. The second-order valence-corrected chi connectivity index (χ2v) is 5.09. The molecular weight excluding hydrogens is 282 g/mol. The number of alkyl halides is 1. The average Bonchev–Trinajstić information content (AvgIpc) is 2.97. The molecule has 1 heterocycles. The summed E-state index contributed by atoms with van der Waals surface area (Å²) in [6, 6.07) is 20.5. The van der Waals surface area contributed by atoms with E-state index in [1.165, 1.54) is 5.56 Å². The maximum absolute atomic E-state index is 5.99. The van der Waals surface area contributed by atoms with Crippen LogP contribution in [0.3, 0.4) is 0 Å². The van der Waals surface area contributed by atoms with Gasteiger partial charge < -0.3 is 0 Å². The first-order valence-corrected chi connectivity index (χ1v) is 7.50. The van der Waals surface area contributed by atoms with Crippen molar-refractivity contribution in [2.45, 2.75) is 18.7 Å². The average molecular weight is 298 g/mol. The molecule has 0 saturated heterocycles. The Balaban J connectivity index is 1.87. The van der Waals surface area contributed by atoms with Crippen LogP contribution in [0.1, 0.15) is 17.2 Å². The van der Waals surface area contributed by atoms with Crippen molar-refractivity contribution < 1.29 is 0 Å². The zero-order valence-electron chi connectivity index (χ0n) is 11.6. The van der Waals surface area contributed by atoms with Crippen molar-refractivity contribution in [2.24, 2.45) is 0 Å². The highest BCUT2D eigenvalue weighted by molar-refractivity contribution is 6.16. The van der Waals surface area contributed by atoms with E-state index in [0.717, 1.165) is 30.2 Å². The van der Waals surface area contributed by atoms with Gasteiger partial charge in [0.05, 0.1) is 5.88 Å². The molecule has 1 aromatic heterocycles. The number of aromatic nitrogens is 3. The van der Waals surface area contributed by atoms with Crippen LogP contribution in [-0.2, 0) is 18.7 Å². The van der Waals surface area contributed by atoms with E-state index >= 15 is 0 Å². The SMILES string of the molecule is ClCc1nnc(CCc2ccccc2)n1-c1ccccc1. The van der Waals surface area contributed by atoms with Gasteiger partial charge in [-0.1, -0.05) is 48.5 Å². The van der Waals surface area contributed by atoms with Crippen LogP contribution in [0, 0.1) is 0 Å². The molecule has 21 heavy (non-hydrogen) atoms. The van der Waals surface area contributed by atoms with Crippen LogP contribution in [-0.4, -0.2) is 14.8 Å². The third-order valence-corrected chi connectivity index (χ3v) is 3.65. The van der Waals surface area contributed by atoms with Gasteiger partial charge in [-0.2, -0.15) is 0 Å². The number of para-hydroxylation sites is 1. The lowest BCUT2D eigenvalue weighted by Crippen LogP contribution is -2.05. The third-order valence-electron chi connectivity index (χ3n) is 3.41. The number of aryl methyl sites for hydroxylation is 2. The number of hydrogen-bond donors (Lipinski definition) is 0. The van der Waals surface area contributed by atoms with Crippen LogP contribution >= 0.6 is 11.6 Å². The number of hydrogen-bond acceptors (Lipinski definition) is 2. The molecule has 0 radical (unpaired) electrons. The Hall–Kier alpha value is -2.13. The van der Waals surface area contributed by atoms with E-state index in [2.05, 4.69) is 39.0 Å². The van der Waals surface area contributed by atoms with Gasteiger partial charge in [0.25, 0.3) is 0 Å². The molecule has 2 aromatic carbocycles. The van der Waals surface area contributed by atoms with Gasteiger partial charge in [0, 0.05) is 12.1 Å². The molecule has 0 aliphatic rings. The standard InChI is InChI=1S/C17H16ClN3/c18-13-17-20-19-16(12-11-14-7-3-1-4-8-14)21(17)15-9-5-2-6-10-15/h1-10H,11-13H2. The van der Waals surface area contributed by atoms with E-state index in [-0.39, 0.29) is 0 Å². The molecule has 0 aliphatic carbocycles. The Kier molecular flexibility index (Phi) is 4.31. The Morgan fingerprint density at radius 2 is 1.38 bits per heavy atom. The van der Waals surface area contributed by atoms with Gasteiger partial charge in [-0.05, 0) is 24.1 Å². The summed E-state index contributed by atoms with van der Waals surface area (Å²) in [5.41, 5.74) is 2.36. The fourth-order valence-electron chi connectivity index (χ4n) is 2.38. The number of halogens is 1. The first kappa shape index (κ1) is 13.8. The van der Waals surface area contributed by atoms with E-state index < -0.39 is 0 Å². The number of nitrogens with zero attached hydrogens (tertiary/aromatic N) is 3. The van der Waals surface area contributed by atoms with Crippen molar-refractivity contribution in [1.29, 1.82) is 0 Å². The zero-order chi connectivity index (χ0) is 14.5. The van der Waals surface area contributed by atoms with E-state index in [1.54, 1.807) is 0 Å². The van der Waals surface area contributed by atoms with Gasteiger partial charge in [0.2, 0.25) is 0 Å². The molecule has 0 spiro atoms. The fraction of sp³-hybridized carbons (Fsp3) is 0.176. The van der Waals surface area contributed by atoms with Crippen LogP contribution < -0.4 is 0 Å². The number of benzene rings is 2. The molecule has 0 bridgehead atoms. The summed E-state index contributed by atoms with van der Waals surface area (Å²) in [6.07, 6.45) is 1.77. The maximum atomic E-state index is 5.99. The first-order chi connectivity index (χ1) is 10.4. The molecule has 0 amide bonds. The van der Waals surface area contributed by atoms with E-state index in [9.17, 15) is 0 Å². The minimum absolute atomic E-state index is 0.354. The fourth-order valence-corrected chi connectivity index (χ4v) is 2.55. The second kappa shape index (κ2) is 6.55. The largest absolute Gasteiger partial charge is 0.282 e. The summed E-state index contributed by atoms with van der Waals surface area (Å²) in [7, 11) is 0. The minimum atomic E-state index is 0.354. The molecule has 3 aromatic rings. The molecule has 0 N–H and O–H groups in total. The second-order valence-electron chi connectivity index (χ2n) is 4.82. The third kappa shape index (κ3) is 3.14. The molecule has 3 rings (SSSR count). The molecule has 0 aliphatic heterocycles. The Morgan fingerprint density at radius 1 is 0.762 bits per heavy atom. The molecule has 0 fully saturated rings. The highest BCUT2D eigenvalue weighted by Crippen LogP contribution is 2.16. The van der Waals surface area contributed by atoms with Crippen molar-refractivity contribution in [3.63, 3.8) is 0 Å². The zero-order valence-corrected chi connectivity index (χ0v) is 12.4. The van der Waals surface area contributed by atoms with Gasteiger partial charge >= 0.3 is 0 Å². The summed E-state index contributed by atoms with van der Waals surface area (Å²) < 4.78 is 2.05. The van der Waals surface area contributed by atoms with Gasteiger partial charge in [0.15, 0.2) is 5.82 Å². The van der Waals surface area contributed by atoms with E-state index in [4.69, 9.17) is 11.6 Å². The predicted molar refractivity (Wildman–Crippen MR) is 84.8 cm³/mol. The van der Waals surface area contributed by atoms with Crippen molar-refractivity contribution in [3.8, 4) is 5.69 Å². The number of rotatable bonds is 5. The van der Waals surface area contributed by atoms with Gasteiger partial charge in [-0.15, -0.1) is 21.8 Å². The van der Waals surface area contributed by atoms with Crippen molar-refractivity contribution >= 4 is 11.6 Å². The van der Waals surface area contributed by atoms with Crippen molar-refractivity contribution in [1.82, 2.24) is 14.8 Å². The lowest BCUT2D eigenvalue weighted by atomic mass is 10.1. The van der Waals surface area contributed by atoms with Gasteiger partial charge in [-0.3, -0.25) is 4.57 Å². The Bertz CT molecular complexity index is 693. The van der Waals surface area contributed by atoms with Crippen LogP contribution in [0.25, 0.3) is 5.69 Å². The first-order valence-electron chi connectivity index (χ1n) is 6.97. The topological polar surface area (TPSA) is 30.7 Å². The van der Waals surface area contributed by atoms with Crippen LogP contribution in [0.4, 0.5) is 0 Å². The molecule has 4 heteroatoms. The molecule has 0 saturated carbocycles. The summed E-state index contributed by atoms with van der Waals surface area (Å²) in [5.74, 6) is 2.08. The summed E-state index contributed by atoms with van der Waals surface area (Å²) in [6.45, 7) is 0. The summed E-state index contributed by atoms with van der Waals surface area (Å²) in [5, 5.41) is 8.51.